The molecular weight excluding hydrogens is 489 g/mol. The fraction of sp³-hybridized carbons (Fsp3) is 0.192. The molecule has 2 nitrogen and oxygen atoms in total. The highest BCUT2D eigenvalue weighted by atomic mass is 35.5. The first-order chi connectivity index (χ1) is 16.0. The Morgan fingerprint density at radius 3 is 2.26 bits per heavy atom. The standard InChI is InChI=1S/C26H21Cl2F4NO/c1-16-11-17(8-10-22(26(30,31)32)18-12-19(27)14-20(28)13-18)7-9-21(16)25(34)15-33(2)24-6-4-3-5-23(24)29/h3-14,22H,15H2,1-2H3/b10-8+. The van der Waals surface area contributed by atoms with E-state index in [-0.39, 0.29) is 27.9 Å². The number of ketones is 1. The fourth-order valence-electron chi connectivity index (χ4n) is 3.62. The van der Waals surface area contributed by atoms with Crippen molar-refractivity contribution < 1.29 is 22.4 Å². The van der Waals surface area contributed by atoms with Gasteiger partial charge in [0.15, 0.2) is 5.78 Å². The molecule has 0 amide bonds. The first kappa shape index (κ1) is 25.8. The summed E-state index contributed by atoms with van der Waals surface area (Å²) in [4.78, 5) is 14.3. The molecule has 3 rings (SSSR count). The van der Waals surface area contributed by atoms with Gasteiger partial charge in [-0.1, -0.05) is 65.7 Å². The second-order valence-electron chi connectivity index (χ2n) is 7.89. The first-order valence-electron chi connectivity index (χ1n) is 10.3. The van der Waals surface area contributed by atoms with Gasteiger partial charge >= 0.3 is 6.18 Å². The van der Waals surface area contributed by atoms with Crippen LogP contribution in [0.15, 0.2) is 66.7 Å². The minimum Gasteiger partial charge on any atom is -0.365 e. The second kappa shape index (κ2) is 10.6. The molecular formula is C26H21Cl2F4NO. The Morgan fingerprint density at radius 1 is 1.03 bits per heavy atom. The van der Waals surface area contributed by atoms with Crippen LogP contribution in [0.4, 0.5) is 23.2 Å². The number of allylic oxidation sites excluding steroid dienone is 1. The third kappa shape index (κ3) is 6.39. The zero-order valence-corrected chi connectivity index (χ0v) is 19.8. The predicted molar refractivity (Wildman–Crippen MR) is 129 cm³/mol. The van der Waals surface area contributed by atoms with Crippen molar-refractivity contribution in [2.75, 3.05) is 18.5 Å². The number of alkyl halides is 3. The van der Waals surface area contributed by atoms with E-state index in [0.717, 1.165) is 6.08 Å². The summed E-state index contributed by atoms with van der Waals surface area (Å²) in [6, 6.07) is 14.7. The Morgan fingerprint density at radius 2 is 1.68 bits per heavy atom. The van der Waals surface area contributed by atoms with Crippen molar-refractivity contribution in [2.24, 2.45) is 0 Å². The van der Waals surface area contributed by atoms with Gasteiger partial charge in [-0.05, 0) is 53.9 Å². The van der Waals surface area contributed by atoms with Crippen LogP contribution in [-0.4, -0.2) is 25.6 Å². The highest BCUT2D eigenvalue weighted by Crippen LogP contribution is 2.38. The number of Topliss-reactive ketones (excluding diaryl/α,β-unsaturated/α-hetero) is 1. The molecule has 0 radical (unpaired) electrons. The maximum Gasteiger partial charge on any atom is 0.399 e. The lowest BCUT2D eigenvalue weighted by Gasteiger charge is -2.19. The molecule has 0 aromatic heterocycles. The number of hydrogen-bond donors (Lipinski definition) is 0. The van der Waals surface area contributed by atoms with Gasteiger partial charge in [0.1, 0.15) is 5.82 Å². The average molecular weight is 510 g/mol. The van der Waals surface area contributed by atoms with E-state index in [1.807, 2.05) is 0 Å². The van der Waals surface area contributed by atoms with Crippen LogP contribution in [0.3, 0.4) is 0 Å². The van der Waals surface area contributed by atoms with Crippen molar-refractivity contribution in [3.05, 3.63) is 105 Å². The number of halogens is 6. The lowest BCUT2D eigenvalue weighted by atomic mass is 9.96. The number of nitrogens with zero attached hydrogens (tertiary/aromatic N) is 1. The molecule has 178 valence electrons. The monoisotopic (exact) mass is 509 g/mol. The lowest BCUT2D eigenvalue weighted by Crippen LogP contribution is -2.26. The summed E-state index contributed by atoms with van der Waals surface area (Å²) in [7, 11) is 1.61. The highest BCUT2D eigenvalue weighted by Gasteiger charge is 2.39. The molecule has 3 aromatic rings. The van der Waals surface area contributed by atoms with Crippen LogP contribution in [0, 0.1) is 12.7 Å². The van der Waals surface area contributed by atoms with Gasteiger partial charge in [0.05, 0.1) is 18.2 Å². The third-order valence-corrected chi connectivity index (χ3v) is 5.71. The number of likely N-dealkylation sites (N-methyl/N-ethyl adjacent to an activating group) is 1. The maximum absolute atomic E-state index is 14.0. The molecule has 0 N–H and O–H groups in total. The number of hydrogen-bond acceptors (Lipinski definition) is 2. The summed E-state index contributed by atoms with van der Waals surface area (Å²) < 4.78 is 55.1. The Balaban J connectivity index is 1.80. The van der Waals surface area contributed by atoms with Gasteiger partial charge in [0, 0.05) is 22.7 Å². The van der Waals surface area contributed by atoms with Gasteiger partial charge in [-0.3, -0.25) is 4.79 Å². The molecule has 0 fully saturated rings. The van der Waals surface area contributed by atoms with Crippen molar-refractivity contribution in [2.45, 2.75) is 19.0 Å². The van der Waals surface area contributed by atoms with Gasteiger partial charge in [-0.2, -0.15) is 13.2 Å². The molecule has 1 unspecified atom stereocenters. The van der Waals surface area contributed by atoms with Crippen LogP contribution >= 0.6 is 23.2 Å². The van der Waals surface area contributed by atoms with Crippen LogP contribution in [0.25, 0.3) is 6.08 Å². The number of para-hydroxylation sites is 1. The quantitative estimate of drug-likeness (QED) is 0.236. The number of rotatable bonds is 7. The van der Waals surface area contributed by atoms with Crippen molar-refractivity contribution in [1.29, 1.82) is 0 Å². The molecule has 0 spiro atoms. The minimum atomic E-state index is -4.55. The van der Waals surface area contributed by atoms with Crippen LogP contribution in [0.1, 0.15) is 33.0 Å². The zero-order valence-electron chi connectivity index (χ0n) is 18.3. The molecule has 34 heavy (non-hydrogen) atoms. The van der Waals surface area contributed by atoms with Gasteiger partial charge in [-0.25, -0.2) is 4.39 Å². The molecule has 0 heterocycles. The van der Waals surface area contributed by atoms with Gasteiger partial charge < -0.3 is 4.90 Å². The Hall–Kier alpha value is -2.83. The van der Waals surface area contributed by atoms with E-state index >= 15 is 0 Å². The van der Waals surface area contributed by atoms with E-state index in [9.17, 15) is 22.4 Å². The van der Waals surface area contributed by atoms with E-state index < -0.39 is 17.9 Å². The molecule has 8 heteroatoms. The SMILES string of the molecule is Cc1cc(/C=C/C(c2cc(Cl)cc(Cl)c2)C(F)(F)F)ccc1C(=O)CN(C)c1ccccc1F. The molecule has 3 aromatic carbocycles. The molecule has 0 aliphatic rings. The van der Waals surface area contributed by atoms with E-state index in [0.29, 0.717) is 22.4 Å². The molecule has 0 aliphatic heterocycles. The normalized spacial score (nSPS) is 12.7. The Bertz CT molecular complexity index is 1200. The number of benzene rings is 3. The molecule has 0 saturated heterocycles. The fourth-order valence-corrected chi connectivity index (χ4v) is 4.16. The highest BCUT2D eigenvalue weighted by molar-refractivity contribution is 6.34. The number of carbonyl (C=O) groups is 1. The summed E-state index contributed by atoms with van der Waals surface area (Å²) in [6.07, 6.45) is -2.17. The van der Waals surface area contributed by atoms with Crippen LogP contribution in [-0.2, 0) is 0 Å². The zero-order chi connectivity index (χ0) is 25.0. The van der Waals surface area contributed by atoms with Crippen molar-refractivity contribution in [3.8, 4) is 0 Å². The number of anilines is 1. The van der Waals surface area contributed by atoms with Crippen molar-refractivity contribution in [3.63, 3.8) is 0 Å². The summed E-state index contributed by atoms with van der Waals surface area (Å²) in [6.45, 7) is 1.65. The van der Waals surface area contributed by atoms with E-state index in [2.05, 4.69) is 0 Å². The van der Waals surface area contributed by atoms with Crippen molar-refractivity contribution in [1.82, 2.24) is 0 Å². The Kier molecular flexibility index (Phi) is 8.05. The van der Waals surface area contributed by atoms with E-state index in [1.54, 1.807) is 50.4 Å². The number of carbonyl (C=O) groups excluding carboxylic acids is 1. The van der Waals surface area contributed by atoms with Crippen LogP contribution < -0.4 is 4.90 Å². The van der Waals surface area contributed by atoms with Crippen LogP contribution in [0.2, 0.25) is 10.0 Å². The van der Waals surface area contributed by atoms with E-state index in [4.69, 9.17) is 23.2 Å². The second-order valence-corrected chi connectivity index (χ2v) is 8.76. The topological polar surface area (TPSA) is 20.3 Å². The van der Waals surface area contributed by atoms with Gasteiger partial charge in [0.25, 0.3) is 0 Å². The average Bonchev–Trinajstić information content (AvgIpc) is 2.72. The molecule has 0 saturated carbocycles. The molecule has 0 bridgehead atoms. The maximum atomic E-state index is 14.0. The first-order valence-corrected chi connectivity index (χ1v) is 11.0. The summed E-state index contributed by atoms with van der Waals surface area (Å²) in [5.74, 6) is -2.57. The summed E-state index contributed by atoms with van der Waals surface area (Å²) in [5.41, 5.74) is 1.74. The lowest BCUT2D eigenvalue weighted by molar-refractivity contribution is -0.139. The van der Waals surface area contributed by atoms with Gasteiger partial charge in [0.2, 0.25) is 0 Å². The van der Waals surface area contributed by atoms with Gasteiger partial charge in [-0.15, -0.1) is 0 Å². The largest absolute Gasteiger partial charge is 0.399 e. The molecule has 1 atom stereocenters. The third-order valence-electron chi connectivity index (χ3n) is 5.27. The van der Waals surface area contributed by atoms with Crippen molar-refractivity contribution >= 4 is 40.7 Å². The predicted octanol–water partition coefficient (Wildman–Crippen LogP) is 8.12. The smallest absolute Gasteiger partial charge is 0.365 e. The summed E-state index contributed by atoms with van der Waals surface area (Å²) >= 11 is 11.8. The van der Waals surface area contributed by atoms with E-state index in [1.165, 1.54) is 35.2 Å². The minimum absolute atomic E-state index is 0.0529. The summed E-state index contributed by atoms with van der Waals surface area (Å²) in [5, 5.41) is 0.230. The van der Waals surface area contributed by atoms with Crippen LogP contribution in [0.5, 0.6) is 0 Å². The Labute approximate surface area is 205 Å². The number of aryl methyl sites for hydroxylation is 1. The molecule has 0 aliphatic carbocycles.